The summed E-state index contributed by atoms with van der Waals surface area (Å²) in [6.07, 6.45) is 0.301. The van der Waals surface area contributed by atoms with Gasteiger partial charge in [0.05, 0.1) is 6.54 Å². The van der Waals surface area contributed by atoms with Crippen LogP contribution in [0.1, 0.15) is 22.8 Å². The van der Waals surface area contributed by atoms with Crippen molar-refractivity contribution in [3.8, 4) is 0 Å². The fourth-order valence-corrected chi connectivity index (χ4v) is 2.76. The van der Waals surface area contributed by atoms with Crippen molar-refractivity contribution in [3.05, 3.63) is 71.1 Å². The van der Waals surface area contributed by atoms with Crippen molar-refractivity contribution in [2.75, 3.05) is 7.05 Å². The Morgan fingerprint density at radius 3 is 2.73 bits per heavy atom. The Morgan fingerprint density at radius 1 is 1.00 bits per heavy atom. The van der Waals surface area contributed by atoms with Crippen molar-refractivity contribution in [1.82, 2.24) is 25.4 Å². The van der Waals surface area contributed by atoms with Crippen LogP contribution in [0.3, 0.4) is 0 Å². The molecule has 0 bridgehead atoms. The highest BCUT2D eigenvalue weighted by atomic mass is 19.1. The first kappa shape index (κ1) is 16.3. The van der Waals surface area contributed by atoms with Crippen LogP contribution in [0.25, 0.3) is 11.0 Å². The molecule has 7 nitrogen and oxygen atoms in total. The minimum Gasteiger partial charge on any atom is -0.338 e. The molecule has 0 saturated carbocycles. The van der Waals surface area contributed by atoms with E-state index in [-0.39, 0.29) is 5.82 Å². The van der Waals surface area contributed by atoms with Gasteiger partial charge in [-0.2, -0.15) is 4.98 Å². The highest BCUT2D eigenvalue weighted by Gasteiger charge is 2.12. The summed E-state index contributed by atoms with van der Waals surface area (Å²) in [4.78, 5) is 6.38. The fourth-order valence-electron chi connectivity index (χ4n) is 2.76. The van der Waals surface area contributed by atoms with Gasteiger partial charge in [-0.1, -0.05) is 29.4 Å². The summed E-state index contributed by atoms with van der Waals surface area (Å²) in [6, 6.07) is 12.3. The van der Waals surface area contributed by atoms with E-state index in [2.05, 4.69) is 20.5 Å². The summed E-state index contributed by atoms with van der Waals surface area (Å²) < 4.78 is 23.7. The molecule has 0 aliphatic heterocycles. The molecule has 2 aromatic carbocycles. The largest absolute Gasteiger partial charge is 0.338 e. The minimum atomic E-state index is -0.270. The molecule has 0 amide bonds. The van der Waals surface area contributed by atoms with E-state index in [1.54, 1.807) is 18.2 Å². The Kier molecular flexibility index (Phi) is 4.40. The first-order valence-electron chi connectivity index (χ1n) is 8.12. The Morgan fingerprint density at radius 2 is 1.85 bits per heavy atom. The molecule has 0 aliphatic rings. The molecule has 0 N–H and O–H groups in total. The molecule has 4 rings (SSSR count). The topological polar surface area (TPSA) is 81.1 Å². The lowest BCUT2D eigenvalue weighted by atomic mass is 10.1. The van der Waals surface area contributed by atoms with E-state index in [4.69, 9.17) is 9.15 Å². The number of hydrogen-bond donors (Lipinski definition) is 0. The molecular formula is C18H16FN5O2. The van der Waals surface area contributed by atoms with Crippen molar-refractivity contribution in [1.29, 1.82) is 0 Å². The van der Waals surface area contributed by atoms with Crippen LogP contribution >= 0.6 is 0 Å². The third-order valence-electron chi connectivity index (χ3n) is 3.99. The van der Waals surface area contributed by atoms with E-state index in [9.17, 15) is 4.39 Å². The van der Waals surface area contributed by atoms with Gasteiger partial charge < -0.3 is 4.52 Å². The van der Waals surface area contributed by atoms with Gasteiger partial charge in [-0.05, 0) is 46.7 Å². The van der Waals surface area contributed by atoms with Gasteiger partial charge in [0.1, 0.15) is 16.9 Å². The van der Waals surface area contributed by atoms with Crippen LogP contribution in [0.2, 0.25) is 0 Å². The third kappa shape index (κ3) is 3.60. The van der Waals surface area contributed by atoms with E-state index in [1.165, 1.54) is 6.07 Å². The highest BCUT2D eigenvalue weighted by molar-refractivity contribution is 5.73. The molecule has 0 aliphatic carbocycles. The van der Waals surface area contributed by atoms with Gasteiger partial charge in [0, 0.05) is 13.0 Å². The summed E-state index contributed by atoms with van der Waals surface area (Å²) in [6.45, 7) is 1.16. The maximum Gasteiger partial charge on any atom is 0.240 e. The number of rotatable bonds is 6. The number of fused-ring (bicyclic) bond motifs is 1. The van der Waals surface area contributed by atoms with Crippen molar-refractivity contribution < 1.29 is 13.5 Å². The van der Waals surface area contributed by atoms with E-state index < -0.39 is 0 Å². The molecular weight excluding hydrogens is 337 g/mol. The quantitative estimate of drug-likeness (QED) is 0.527. The van der Waals surface area contributed by atoms with Gasteiger partial charge in [0.25, 0.3) is 0 Å². The predicted molar refractivity (Wildman–Crippen MR) is 90.5 cm³/mol. The average molecular weight is 353 g/mol. The van der Waals surface area contributed by atoms with Crippen LogP contribution < -0.4 is 0 Å². The summed E-state index contributed by atoms with van der Waals surface area (Å²) in [5.74, 6) is 0.685. The number of benzene rings is 2. The van der Waals surface area contributed by atoms with Crippen LogP contribution in [0, 0.1) is 5.82 Å². The molecule has 0 unspecified atom stereocenters. The molecule has 2 aromatic heterocycles. The van der Waals surface area contributed by atoms with E-state index in [0.29, 0.717) is 36.8 Å². The first-order chi connectivity index (χ1) is 12.7. The number of hydrogen-bond acceptors (Lipinski definition) is 7. The number of halogens is 1. The number of aromatic nitrogens is 4. The lowest BCUT2D eigenvalue weighted by molar-refractivity contribution is 0.260. The van der Waals surface area contributed by atoms with Crippen molar-refractivity contribution >= 4 is 11.0 Å². The molecule has 2 heterocycles. The van der Waals surface area contributed by atoms with Gasteiger partial charge >= 0.3 is 0 Å². The van der Waals surface area contributed by atoms with Gasteiger partial charge in [0.15, 0.2) is 5.82 Å². The molecule has 132 valence electrons. The van der Waals surface area contributed by atoms with Crippen LogP contribution in [-0.2, 0) is 19.5 Å². The first-order valence-corrected chi connectivity index (χ1v) is 8.12. The second-order valence-electron chi connectivity index (χ2n) is 6.13. The molecule has 8 heteroatoms. The van der Waals surface area contributed by atoms with Gasteiger partial charge in [-0.15, -0.1) is 0 Å². The monoisotopic (exact) mass is 353 g/mol. The van der Waals surface area contributed by atoms with Gasteiger partial charge in [-0.25, -0.2) is 9.02 Å². The highest BCUT2D eigenvalue weighted by Crippen LogP contribution is 2.15. The Balaban J connectivity index is 1.39. The molecule has 0 spiro atoms. The van der Waals surface area contributed by atoms with E-state index >= 15 is 0 Å². The second-order valence-corrected chi connectivity index (χ2v) is 6.13. The zero-order valence-corrected chi connectivity index (χ0v) is 14.1. The van der Waals surface area contributed by atoms with Crippen LogP contribution in [-0.4, -0.2) is 32.4 Å². The fraction of sp³-hybridized carbons (Fsp3) is 0.222. The lowest BCUT2D eigenvalue weighted by Crippen LogP contribution is -2.17. The second kappa shape index (κ2) is 7.01. The molecule has 0 saturated heterocycles. The van der Waals surface area contributed by atoms with Crippen molar-refractivity contribution in [2.45, 2.75) is 19.5 Å². The Hall–Kier alpha value is -3.13. The summed E-state index contributed by atoms with van der Waals surface area (Å²) in [5.41, 5.74) is 3.07. The normalized spacial score (nSPS) is 11.5. The average Bonchev–Trinajstić information content (AvgIpc) is 3.25. The summed E-state index contributed by atoms with van der Waals surface area (Å²) in [5, 5.41) is 11.6. The maximum atomic E-state index is 13.7. The minimum absolute atomic E-state index is 0.270. The predicted octanol–water partition coefficient (Wildman–Crippen LogP) is 2.97. The van der Waals surface area contributed by atoms with E-state index in [1.807, 2.05) is 30.1 Å². The SMILES string of the molecule is CN(Cc1ccc2nonc2c1)Cc1nc(Cc2ccccc2F)no1. The molecule has 0 radical (unpaired) electrons. The molecule has 26 heavy (non-hydrogen) atoms. The smallest absolute Gasteiger partial charge is 0.240 e. The standard InChI is InChI=1S/C18H16FN5O2/c1-24(10-12-6-7-15-16(8-12)22-26-21-15)11-18-20-17(23-25-18)9-13-4-2-3-5-14(13)19/h2-8H,9-11H2,1H3. The van der Waals surface area contributed by atoms with Crippen LogP contribution in [0.5, 0.6) is 0 Å². The zero-order chi connectivity index (χ0) is 17.9. The zero-order valence-electron chi connectivity index (χ0n) is 14.1. The van der Waals surface area contributed by atoms with Crippen LogP contribution in [0.4, 0.5) is 4.39 Å². The molecule has 0 atom stereocenters. The van der Waals surface area contributed by atoms with Gasteiger partial charge in [0.2, 0.25) is 5.89 Å². The van der Waals surface area contributed by atoms with E-state index in [0.717, 1.165) is 16.6 Å². The Bertz CT molecular complexity index is 1030. The van der Waals surface area contributed by atoms with Crippen molar-refractivity contribution in [2.24, 2.45) is 0 Å². The molecule has 4 aromatic rings. The summed E-state index contributed by atoms with van der Waals surface area (Å²) >= 11 is 0. The molecule has 0 fully saturated rings. The Labute approximate surface area is 148 Å². The van der Waals surface area contributed by atoms with Crippen molar-refractivity contribution in [3.63, 3.8) is 0 Å². The number of nitrogens with zero attached hydrogens (tertiary/aromatic N) is 5. The van der Waals surface area contributed by atoms with Gasteiger partial charge in [-0.3, -0.25) is 4.90 Å². The third-order valence-corrected chi connectivity index (χ3v) is 3.99. The van der Waals surface area contributed by atoms with Crippen LogP contribution in [0.15, 0.2) is 51.6 Å². The maximum absolute atomic E-state index is 13.7. The lowest BCUT2D eigenvalue weighted by Gasteiger charge is -2.13. The summed E-state index contributed by atoms with van der Waals surface area (Å²) in [7, 11) is 1.95.